The molecule has 0 aromatic heterocycles. The monoisotopic (exact) mass is 812 g/mol. The van der Waals surface area contributed by atoms with Crippen molar-refractivity contribution in [1.29, 1.82) is 0 Å². The Bertz CT molecular complexity index is 1440. The number of benzene rings is 2. The van der Waals surface area contributed by atoms with Crippen molar-refractivity contribution in [3.8, 4) is 0 Å². The molecule has 6 N–H and O–H groups in total. The molecule has 0 radical (unpaired) electrons. The number of aliphatic carboxylic acids is 1. The second-order valence-electron chi connectivity index (χ2n) is 16.1. The average Bonchev–Trinajstić information content (AvgIpc) is 3.21. The molecule has 0 aliphatic rings. The van der Waals surface area contributed by atoms with E-state index in [4.69, 9.17) is 9.47 Å². The van der Waals surface area contributed by atoms with Gasteiger partial charge < -0.3 is 40.7 Å². The topological polar surface area (TPSA) is 184 Å². The highest BCUT2D eigenvalue weighted by Crippen LogP contribution is 2.22. The minimum Gasteiger partial charge on any atom is -0.480 e. The van der Waals surface area contributed by atoms with Crippen molar-refractivity contribution in [3.63, 3.8) is 0 Å². The van der Waals surface area contributed by atoms with E-state index in [1.165, 1.54) is 51.4 Å². The Labute approximate surface area is 347 Å². The molecule has 0 aliphatic carbocycles. The van der Waals surface area contributed by atoms with Crippen LogP contribution in [0.5, 0.6) is 0 Å². The van der Waals surface area contributed by atoms with Gasteiger partial charge in [0.05, 0.1) is 44.1 Å². The quantitative estimate of drug-likeness (QED) is 0.0452. The largest absolute Gasteiger partial charge is 0.480 e. The molecular formula is C46H73N3O9. The number of hydrogen-bond acceptors (Lipinski definition) is 8. The summed E-state index contributed by atoms with van der Waals surface area (Å²) in [4.78, 5) is 53.3. The smallest absolute Gasteiger partial charge is 0.328 e. The fourth-order valence-electron chi connectivity index (χ4n) is 6.78. The molecule has 2 aromatic carbocycles. The van der Waals surface area contributed by atoms with E-state index in [1.807, 2.05) is 60.7 Å². The fraction of sp³-hybridized carbons (Fsp3) is 0.652. The molecular weight excluding hydrogens is 739 g/mol. The molecule has 8 atom stereocenters. The summed E-state index contributed by atoms with van der Waals surface area (Å²) in [7, 11) is 0. The molecule has 12 heteroatoms. The van der Waals surface area contributed by atoms with Gasteiger partial charge in [0.1, 0.15) is 12.1 Å². The summed E-state index contributed by atoms with van der Waals surface area (Å²) in [6.45, 7) is 10.5. The second kappa shape index (κ2) is 28.6. The van der Waals surface area contributed by atoms with Crippen LogP contribution < -0.4 is 16.0 Å². The summed E-state index contributed by atoms with van der Waals surface area (Å²) in [5, 5.41) is 39.9. The third kappa shape index (κ3) is 19.3. The molecule has 2 aromatic rings. The van der Waals surface area contributed by atoms with E-state index in [9.17, 15) is 34.5 Å². The number of hydrogen-bond donors (Lipinski definition) is 6. The molecule has 0 saturated heterocycles. The van der Waals surface area contributed by atoms with Gasteiger partial charge in [0.2, 0.25) is 17.7 Å². The number of ether oxygens (including phenoxy) is 2. The number of carboxylic acid groups (broad SMARTS) is 1. The van der Waals surface area contributed by atoms with Crippen LogP contribution >= 0.6 is 0 Å². The van der Waals surface area contributed by atoms with Gasteiger partial charge in [-0.05, 0) is 30.4 Å². The van der Waals surface area contributed by atoms with Crippen molar-refractivity contribution in [3.05, 3.63) is 71.8 Å². The van der Waals surface area contributed by atoms with Gasteiger partial charge in [-0.3, -0.25) is 14.4 Å². The number of rotatable bonds is 31. The number of aliphatic hydroxyl groups excluding tert-OH is 2. The second-order valence-corrected chi connectivity index (χ2v) is 16.1. The Morgan fingerprint density at radius 2 is 1.10 bits per heavy atom. The van der Waals surface area contributed by atoms with Crippen LogP contribution in [-0.4, -0.2) is 82.1 Å². The molecule has 0 bridgehead atoms. The summed E-state index contributed by atoms with van der Waals surface area (Å²) >= 11 is 0. The van der Waals surface area contributed by atoms with Crippen LogP contribution in [0.25, 0.3) is 0 Å². The molecule has 0 spiro atoms. The van der Waals surface area contributed by atoms with Gasteiger partial charge in [0.25, 0.3) is 0 Å². The van der Waals surface area contributed by atoms with Crippen LogP contribution in [0.1, 0.15) is 130 Å². The third-order valence-electron chi connectivity index (χ3n) is 10.8. The summed E-state index contributed by atoms with van der Waals surface area (Å²) in [6.07, 6.45) is 10.8. The summed E-state index contributed by atoms with van der Waals surface area (Å²) < 4.78 is 11.6. The minimum atomic E-state index is -1.42. The van der Waals surface area contributed by atoms with Crippen molar-refractivity contribution in [2.75, 3.05) is 6.61 Å². The van der Waals surface area contributed by atoms with Crippen molar-refractivity contribution < 1.29 is 44.0 Å². The molecule has 0 unspecified atom stereocenters. The zero-order valence-corrected chi connectivity index (χ0v) is 35.9. The predicted molar refractivity (Wildman–Crippen MR) is 226 cm³/mol. The van der Waals surface area contributed by atoms with Gasteiger partial charge >= 0.3 is 5.97 Å². The van der Waals surface area contributed by atoms with E-state index in [0.717, 1.165) is 30.4 Å². The Balaban J connectivity index is 2.02. The van der Waals surface area contributed by atoms with Crippen LogP contribution in [0, 0.1) is 17.8 Å². The Morgan fingerprint density at radius 3 is 1.62 bits per heavy atom. The van der Waals surface area contributed by atoms with Gasteiger partial charge in [-0.2, -0.15) is 0 Å². The first-order valence-corrected chi connectivity index (χ1v) is 21.5. The maximum absolute atomic E-state index is 13.9. The standard InChI is InChI=1S/C46H73N3O9/c1-7-8-9-10-11-12-13-14-15-16-23-28-39(50)33(4)42(51)34(5)43(52)48-40(32(2)3)44(53)49-41(35(6)58-30-37-26-21-18-22-27-37)45(54)47-38(46(55)56)31-57-29-36-24-19-17-20-25-36/h17-22,24-27,32-35,38-42,50-51H,7-16,23,28-31H2,1-6H3,(H,47,54)(H,48,52)(H,49,53)(H,55,56)/t33-,34+,35+,38-,39+,40-,41-,42+/m0/s1. The lowest BCUT2D eigenvalue weighted by Gasteiger charge is -2.31. The molecule has 326 valence electrons. The van der Waals surface area contributed by atoms with Gasteiger partial charge in [0.15, 0.2) is 6.04 Å². The van der Waals surface area contributed by atoms with Crippen LogP contribution in [0.3, 0.4) is 0 Å². The highest BCUT2D eigenvalue weighted by molar-refractivity contribution is 5.94. The van der Waals surface area contributed by atoms with E-state index in [2.05, 4.69) is 22.9 Å². The number of unbranched alkanes of at least 4 members (excludes halogenated alkanes) is 10. The van der Waals surface area contributed by atoms with Crippen molar-refractivity contribution in [2.24, 2.45) is 17.8 Å². The Kier molecular flexibility index (Phi) is 24.8. The fourth-order valence-corrected chi connectivity index (χ4v) is 6.78. The van der Waals surface area contributed by atoms with Crippen LogP contribution in [0.2, 0.25) is 0 Å². The number of carbonyl (C=O) groups excluding carboxylic acids is 3. The van der Waals surface area contributed by atoms with Crippen molar-refractivity contribution in [1.82, 2.24) is 16.0 Å². The van der Waals surface area contributed by atoms with E-state index in [1.54, 1.807) is 34.6 Å². The number of aliphatic hydroxyl groups is 2. The number of carbonyl (C=O) groups is 4. The SMILES string of the molecule is CCCCCCCCCCCCC[C@@H](O)[C@H](C)[C@@H](O)[C@@H](C)C(=O)N[C@H](C(=O)N[C@H](C(=O)N[C@@H](COCc1ccccc1)C(=O)O)[C@@H](C)OCc1ccccc1)C(C)C. The van der Waals surface area contributed by atoms with Gasteiger partial charge in [0, 0.05) is 5.92 Å². The lowest BCUT2D eigenvalue weighted by Crippen LogP contribution is -2.61. The molecule has 3 amide bonds. The van der Waals surface area contributed by atoms with Gasteiger partial charge in [-0.25, -0.2) is 4.79 Å². The first-order valence-electron chi connectivity index (χ1n) is 21.5. The molecule has 0 saturated carbocycles. The molecule has 58 heavy (non-hydrogen) atoms. The van der Waals surface area contributed by atoms with Crippen LogP contribution in [0.15, 0.2) is 60.7 Å². The van der Waals surface area contributed by atoms with Gasteiger partial charge in [-0.1, -0.05) is 166 Å². The summed E-state index contributed by atoms with van der Waals surface area (Å²) in [6, 6.07) is 14.6. The molecule has 0 heterocycles. The van der Waals surface area contributed by atoms with Gasteiger partial charge in [-0.15, -0.1) is 0 Å². The molecule has 2 rings (SSSR count). The lowest BCUT2D eigenvalue weighted by molar-refractivity contribution is -0.145. The summed E-state index contributed by atoms with van der Waals surface area (Å²) in [5.74, 6) is -5.34. The van der Waals surface area contributed by atoms with E-state index < -0.39 is 77.9 Å². The zero-order valence-electron chi connectivity index (χ0n) is 35.9. The predicted octanol–water partition coefficient (Wildman–Crippen LogP) is 6.70. The maximum Gasteiger partial charge on any atom is 0.328 e. The Hall–Kier alpha value is -3.84. The number of amides is 3. The van der Waals surface area contributed by atoms with Crippen LogP contribution in [-0.2, 0) is 41.9 Å². The average molecular weight is 812 g/mol. The molecule has 0 fully saturated rings. The third-order valence-corrected chi connectivity index (χ3v) is 10.8. The zero-order chi connectivity index (χ0) is 42.9. The van der Waals surface area contributed by atoms with E-state index in [0.29, 0.717) is 6.42 Å². The molecule has 0 aliphatic heterocycles. The number of nitrogens with one attached hydrogen (secondary N) is 3. The molecule has 12 nitrogen and oxygen atoms in total. The van der Waals surface area contributed by atoms with Crippen LogP contribution in [0.4, 0.5) is 0 Å². The van der Waals surface area contributed by atoms with E-state index >= 15 is 0 Å². The normalized spacial score (nSPS) is 15.7. The minimum absolute atomic E-state index is 0.118. The maximum atomic E-state index is 13.9. The first kappa shape index (κ1) is 50.3. The number of carboxylic acids is 1. The Morgan fingerprint density at radius 1 is 0.621 bits per heavy atom. The highest BCUT2D eigenvalue weighted by Gasteiger charge is 2.37. The van der Waals surface area contributed by atoms with Crippen molar-refractivity contribution in [2.45, 2.75) is 168 Å². The summed E-state index contributed by atoms with van der Waals surface area (Å²) in [5.41, 5.74) is 1.66. The first-order chi connectivity index (χ1) is 27.8. The van der Waals surface area contributed by atoms with E-state index in [-0.39, 0.29) is 19.8 Å². The highest BCUT2D eigenvalue weighted by atomic mass is 16.5. The van der Waals surface area contributed by atoms with Crippen molar-refractivity contribution >= 4 is 23.7 Å². The lowest BCUT2D eigenvalue weighted by atomic mass is 9.86.